The number of nitrogens with one attached hydrogen (secondary N) is 1. The summed E-state index contributed by atoms with van der Waals surface area (Å²) in [4.78, 5) is 7.68. The number of pyridine rings is 1. The summed E-state index contributed by atoms with van der Waals surface area (Å²) in [6.45, 7) is 3.58. The first-order chi connectivity index (χ1) is 13.1. The molecular weight excluding hydrogens is 451 g/mol. The van der Waals surface area contributed by atoms with Crippen molar-refractivity contribution in [1.82, 2.24) is 15.1 Å². The number of rotatable bonds is 3. The van der Waals surface area contributed by atoms with Crippen molar-refractivity contribution >= 4 is 33.6 Å². The van der Waals surface area contributed by atoms with Gasteiger partial charge in [-0.2, -0.15) is 0 Å². The average Bonchev–Trinajstić information content (AvgIpc) is 3.16. The minimum atomic E-state index is -2.70. The fourth-order valence-corrected chi connectivity index (χ4v) is 4.20. The van der Waals surface area contributed by atoms with Crippen LogP contribution < -0.4 is 0 Å². The Morgan fingerprint density at radius 3 is 2.77 bits per heavy atom. The Morgan fingerprint density at radius 2 is 2.12 bits per heavy atom. The maximum Gasteiger partial charge on any atom is 0.248 e. The topological polar surface area (TPSA) is 54.7 Å². The van der Waals surface area contributed by atoms with Crippen LogP contribution in [0.4, 0.5) is 8.78 Å². The van der Waals surface area contributed by atoms with Gasteiger partial charge >= 0.3 is 0 Å². The second-order valence-electron chi connectivity index (χ2n) is 6.88. The number of halogens is 3. The number of aromatic amines is 1. The molecule has 0 bridgehead atoms. The highest BCUT2D eigenvalue weighted by Gasteiger charge is 2.35. The zero-order valence-corrected chi connectivity index (χ0v) is 16.7. The van der Waals surface area contributed by atoms with Crippen molar-refractivity contribution in [3.63, 3.8) is 0 Å². The lowest BCUT2D eigenvalue weighted by Gasteiger charge is -2.28. The molecular formula is C19H20F2IN3O. The Labute approximate surface area is 166 Å². The highest BCUT2D eigenvalue weighted by molar-refractivity contribution is 14.1. The second-order valence-corrected chi connectivity index (χ2v) is 8.04. The van der Waals surface area contributed by atoms with E-state index in [-0.39, 0.29) is 25.7 Å². The van der Waals surface area contributed by atoms with Gasteiger partial charge in [0, 0.05) is 39.1 Å². The minimum Gasteiger partial charge on any atom is -0.361 e. The van der Waals surface area contributed by atoms with Gasteiger partial charge in [0.1, 0.15) is 11.3 Å². The minimum absolute atomic E-state index is 0.142. The fourth-order valence-electron chi connectivity index (χ4n) is 3.63. The molecule has 1 fully saturated rings. The van der Waals surface area contributed by atoms with Crippen LogP contribution in [-0.2, 0) is 6.37 Å². The Morgan fingerprint density at radius 1 is 1.38 bits per heavy atom. The van der Waals surface area contributed by atoms with Crippen LogP contribution in [0.5, 0.6) is 0 Å². The van der Waals surface area contributed by atoms with Gasteiger partial charge in [-0.25, -0.2) is 8.78 Å². The van der Waals surface area contributed by atoms with Crippen molar-refractivity contribution in [3.8, 4) is 11.1 Å². The first kappa shape index (κ1) is 15.5. The van der Waals surface area contributed by atoms with Gasteiger partial charge in [-0.1, -0.05) is 5.16 Å². The quantitative estimate of drug-likeness (QED) is 0.489. The van der Waals surface area contributed by atoms with Crippen molar-refractivity contribution in [2.45, 2.75) is 51.8 Å². The molecule has 0 amide bonds. The summed E-state index contributed by atoms with van der Waals surface area (Å²) in [6.07, 6.45) is 1.34. The number of H-pyrrole nitrogens is 1. The number of hydrogen-bond acceptors (Lipinski definition) is 3. The van der Waals surface area contributed by atoms with Gasteiger partial charge in [0.2, 0.25) is 5.92 Å². The third kappa shape index (κ3) is 3.14. The van der Waals surface area contributed by atoms with E-state index in [0.29, 0.717) is 39.2 Å². The predicted molar refractivity (Wildman–Crippen MR) is 104 cm³/mol. The van der Waals surface area contributed by atoms with Crippen LogP contribution in [0, 0.1) is 23.3 Å². The lowest BCUT2D eigenvalue weighted by molar-refractivity contribution is -0.0456. The van der Waals surface area contributed by atoms with E-state index in [1.807, 2.05) is 0 Å². The normalized spacial score (nSPS) is 19.6. The number of alkyl halides is 2. The molecule has 0 radical (unpaired) electrons. The molecule has 0 spiro atoms. The van der Waals surface area contributed by atoms with Crippen molar-refractivity contribution < 1.29 is 16.0 Å². The SMILES string of the molecule is [2H]C([2H])(c1c(-c2c(C)noc2C)cnc2c(I)c[nH]c12)C1CCC(F)(F)CC1. The third-order valence-corrected chi connectivity index (χ3v) is 5.84. The lowest BCUT2D eigenvalue weighted by atomic mass is 9.81. The van der Waals surface area contributed by atoms with Crippen LogP contribution in [0.3, 0.4) is 0 Å². The van der Waals surface area contributed by atoms with E-state index in [1.165, 1.54) is 0 Å². The molecule has 0 atom stereocenters. The molecule has 26 heavy (non-hydrogen) atoms. The summed E-state index contributed by atoms with van der Waals surface area (Å²) in [5, 5.41) is 4.00. The molecule has 0 saturated heterocycles. The molecule has 7 heteroatoms. The summed E-state index contributed by atoms with van der Waals surface area (Å²) in [5.74, 6) is -2.63. The number of hydrogen-bond donors (Lipinski definition) is 1. The molecule has 0 aliphatic heterocycles. The Hall–Kier alpha value is -1.51. The zero-order valence-electron chi connectivity index (χ0n) is 16.5. The standard InChI is InChI=1S/C19H20F2IN3O/c1-10-16(11(2)26-25-10)14-8-23-18-15(22)9-24-17(18)13(14)7-12-3-5-19(20,21)6-4-12/h8-9,12,24H,3-7H2,1-2H3/i7D2. The lowest BCUT2D eigenvalue weighted by Crippen LogP contribution is -2.25. The van der Waals surface area contributed by atoms with E-state index in [4.69, 9.17) is 7.26 Å². The zero-order chi connectivity index (χ0) is 20.3. The fraction of sp³-hybridized carbons (Fsp3) is 0.474. The van der Waals surface area contributed by atoms with Crippen LogP contribution in [0.25, 0.3) is 22.2 Å². The van der Waals surface area contributed by atoms with E-state index in [2.05, 4.69) is 37.7 Å². The Kier molecular flexibility index (Phi) is 3.93. The largest absolute Gasteiger partial charge is 0.361 e. The van der Waals surface area contributed by atoms with Gasteiger partial charge < -0.3 is 9.51 Å². The van der Waals surface area contributed by atoms with Gasteiger partial charge in [-0.05, 0) is 67.1 Å². The number of fused-ring (bicyclic) bond motifs is 1. The van der Waals surface area contributed by atoms with Crippen molar-refractivity contribution in [2.24, 2.45) is 5.92 Å². The van der Waals surface area contributed by atoms with E-state index in [1.54, 1.807) is 26.2 Å². The van der Waals surface area contributed by atoms with E-state index in [9.17, 15) is 8.78 Å². The Bertz CT molecular complexity index is 1020. The molecule has 4 rings (SSSR count). The molecule has 4 nitrogen and oxygen atoms in total. The van der Waals surface area contributed by atoms with Gasteiger partial charge in [0.05, 0.1) is 14.8 Å². The van der Waals surface area contributed by atoms with Gasteiger partial charge in [0.15, 0.2) is 0 Å². The average molecular weight is 473 g/mol. The van der Waals surface area contributed by atoms with Crippen LogP contribution in [-0.4, -0.2) is 21.0 Å². The molecule has 1 aliphatic carbocycles. The van der Waals surface area contributed by atoms with E-state index >= 15 is 0 Å². The monoisotopic (exact) mass is 473 g/mol. The molecule has 138 valence electrons. The predicted octanol–water partition coefficient (Wildman–Crippen LogP) is 5.81. The molecule has 0 unspecified atom stereocenters. The summed E-state index contributed by atoms with van der Waals surface area (Å²) in [7, 11) is 0. The molecule has 3 aromatic rings. The Balaban J connectivity index is 1.92. The van der Waals surface area contributed by atoms with Crippen molar-refractivity contribution in [3.05, 3.63) is 33.0 Å². The smallest absolute Gasteiger partial charge is 0.248 e. The first-order valence-corrected chi connectivity index (χ1v) is 9.67. The van der Waals surface area contributed by atoms with Crippen LogP contribution in [0.1, 0.15) is 45.4 Å². The number of aryl methyl sites for hydroxylation is 2. The first-order valence-electron chi connectivity index (χ1n) is 9.59. The molecule has 1 N–H and O–H groups in total. The van der Waals surface area contributed by atoms with Crippen LogP contribution in [0.2, 0.25) is 0 Å². The molecule has 1 saturated carbocycles. The van der Waals surface area contributed by atoms with Crippen molar-refractivity contribution in [1.29, 1.82) is 0 Å². The van der Waals surface area contributed by atoms with Gasteiger partial charge in [-0.3, -0.25) is 4.98 Å². The molecule has 3 aromatic heterocycles. The van der Waals surface area contributed by atoms with Crippen LogP contribution >= 0.6 is 22.6 Å². The molecule has 0 aromatic carbocycles. The highest BCUT2D eigenvalue weighted by Crippen LogP contribution is 2.41. The number of nitrogens with zero attached hydrogens (tertiary/aromatic N) is 2. The van der Waals surface area contributed by atoms with Gasteiger partial charge in [-0.15, -0.1) is 0 Å². The molecule has 1 aliphatic rings. The summed E-state index contributed by atoms with van der Waals surface area (Å²) in [5.41, 5.74) is 3.68. The summed E-state index contributed by atoms with van der Waals surface area (Å²) >= 11 is 2.15. The second kappa shape index (κ2) is 6.58. The maximum absolute atomic E-state index is 13.7. The van der Waals surface area contributed by atoms with Gasteiger partial charge in [0.25, 0.3) is 0 Å². The van der Waals surface area contributed by atoms with E-state index in [0.717, 1.165) is 3.57 Å². The third-order valence-electron chi connectivity index (χ3n) is 5.02. The highest BCUT2D eigenvalue weighted by atomic mass is 127. The van der Waals surface area contributed by atoms with Crippen molar-refractivity contribution in [2.75, 3.05) is 0 Å². The summed E-state index contributed by atoms with van der Waals surface area (Å²) in [6, 6.07) is 0. The maximum atomic E-state index is 13.7. The number of aromatic nitrogens is 3. The summed E-state index contributed by atoms with van der Waals surface area (Å²) < 4.78 is 51.5. The molecule has 3 heterocycles. The van der Waals surface area contributed by atoms with E-state index < -0.39 is 18.2 Å². The van der Waals surface area contributed by atoms with Crippen LogP contribution in [0.15, 0.2) is 16.9 Å².